The zero-order valence-corrected chi connectivity index (χ0v) is 16.1. The lowest BCUT2D eigenvalue weighted by Gasteiger charge is -2.50. The molecular weight excluding hydrogens is 382 g/mol. The number of halogens is 1. The summed E-state index contributed by atoms with van der Waals surface area (Å²) in [5.74, 6) is 1.17. The smallest absolute Gasteiger partial charge is 0.184 e. The van der Waals surface area contributed by atoms with Gasteiger partial charge in [0.15, 0.2) is 6.29 Å². The Balaban J connectivity index is 1.67. The van der Waals surface area contributed by atoms with Gasteiger partial charge in [-0.2, -0.15) is 0 Å². The maximum atomic E-state index is 11.3. The van der Waals surface area contributed by atoms with Gasteiger partial charge < -0.3 is 14.9 Å². The molecule has 4 nitrogen and oxygen atoms in total. The summed E-state index contributed by atoms with van der Waals surface area (Å²) in [4.78, 5) is 4.43. The molecule has 3 fully saturated rings. The minimum atomic E-state index is -1.12. The van der Waals surface area contributed by atoms with E-state index in [4.69, 9.17) is 4.74 Å². The Morgan fingerprint density at radius 2 is 2.12 bits per heavy atom. The first-order valence-corrected chi connectivity index (χ1v) is 10.1. The first-order valence-electron chi connectivity index (χ1n) is 9.35. The van der Waals surface area contributed by atoms with Crippen molar-refractivity contribution in [2.45, 2.75) is 57.0 Å². The van der Waals surface area contributed by atoms with Crippen LogP contribution in [-0.2, 0) is 4.74 Å². The molecule has 5 heteroatoms. The number of rotatable bonds is 2. The number of pyridine rings is 1. The molecule has 1 aromatic rings. The molecule has 1 unspecified atom stereocenters. The molecule has 0 bridgehead atoms. The molecule has 1 saturated heterocycles. The summed E-state index contributed by atoms with van der Waals surface area (Å²) in [5.41, 5.74) is -0.211. The Bertz CT molecular complexity index is 649. The van der Waals surface area contributed by atoms with E-state index >= 15 is 0 Å². The van der Waals surface area contributed by atoms with E-state index in [0.717, 1.165) is 16.6 Å². The fraction of sp³-hybridized carbons (Fsp3) is 0.650. The second kappa shape index (κ2) is 6.76. The van der Waals surface area contributed by atoms with Crippen LogP contribution < -0.4 is 0 Å². The average Bonchev–Trinajstić information content (AvgIpc) is 2.82. The number of aliphatic hydroxyl groups is 2. The highest BCUT2D eigenvalue weighted by Gasteiger charge is 2.61. The normalized spacial score (nSPS) is 43.8. The second-order valence-electron chi connectivity index (χ2n) is 7.96. The minimum Gasteiger partial charge on any atom is -0.384 e. The summed E-state index contributed by atoms with van der Waals surface area (Å²) in [7, 11) is 0. The zero-order chi connectivity index (χ0) is 17.6. The summed E-state index contributed by atoms with van der Waals surface area (Å²) in [6.07, 6.45) is 10.3. The molecule has 2 N–H and O–H groups in total. The molecule has 2 aliphatic carbocycles. The van der Waals surface area contributed by atoms with E-state index in [1.807, 2.05) is 19.1 Å². The molecule has 0 spiro atoms. The van der Waals surface area contributed by atoms with Gasteiger partial charge in [0, 0.05) is 16.6 Å². The molecule has 0 aromatic carbocycles. The lowest BCUT2D eigenvalue weighted by atomic mass is 9.55. The van der Waals surface area contributed by atoms with Gasteiger partial charge in [-0.05, 0) is 71.7 Å². The molecule has 0 radical (unpaired) electrons. The van der Waals surface area contributed by atoms with Crippen molar-refractivity contribution in [2.24, 2.45) is 23.7 Å². The van der Waals surface area contributed by atoms with Gasteiger partial charge in [-0.3, -0.25) is 4.98 Å². The van der Waals surface area contributed by atoms with Crippen LogP contribution in [0.3, 0.4) is 0 Å². The van der Waals surface area contributed by atoms with E-state index in [2.05, 4.69) is 33.1 Å². The predicted octanol–water partition coefficient (Wildman–Crippen LogP) is 3.77. The number of hydrogen-bond acceptors (Lipinski definition) is 4. The molecular formula is C20H26BrNO3. The molecule has 2 saturated carbocycles. The molecule has 3 aliphatic rings. The number of fused-ring (bicyclic) bond motifs is 2. The molecule has 2 heterocycles. The Morgan fingerprint density at radius 1 is 1.32 bits per heavy atom. The summed E-state index contributed by atoms with van der Waals surface area (Å²) in [5, 5.41) is 21.6. The van der Waals surface area contributed by atoms with Crippen LogP contribution in [0.25, 0.3) is 6.08 Å². The van der Waals surface area contributed by atoms with Gasteiger partial charge in [-0.1, -0.05) is 25.3 Å². The molecule has 7 atom stereocenters. The standard InChI is InChI=1S/C20H26BrNO3/c1-12-18-17(9-8-15-7-6-14(21)11-22-15)16-5-3-2-4-13(16)10-20(18,24)19(23)25-12/h6-9,11-13,16-19,23-24H,2-5,10H2,1H3/t12-,13+,16-,17+,18+,19?,20+/m1/s1. The van der Waals surface area contributed by atoms with Crippen molar-refractivity contribution in [1.29, 1.82) is 0 Å². The number of ether oxygens (including phenoxy) is 1. The third kappa shape index (κ3) is 3.09. The molecule has 25 heavy (non-hydrogen) atoms. The summed E-state index contributed by atoms with van der Waals surface area (Å²) < 4.78 is 6.63. The van der Waals surface area contributed by atoms with Crippen LogP contribution in [-0.4, -0.2) is 33.2 Å². The van der Waals surface area contributed by atoms with Crippen LogP contribution in [0.15, 0.2) is 28.9 Å². The fourth-order valence-corrected chi connectivity index (χ4v) is 5.74. The van der Waals surface area contributed by atoms with Crippen molar-refractivity contribution in [3.8, 4) is 0 Å². The van der Waals surface area contributed by atoms with Crippen LogP contribution in [0.5, 0.6) is 0 Å². The molecule has 1 aliphatic heterocycles. The Hall–Kier alpha value is -0.750. The lowest BCUT2D eigenvalue weighted by Crippen LogP contribution is -2.55. The quantitative estimate of drug-likeness (QED) is 0.782. The monoisotopic (exact) mass is 407 g/mol. The summed E-state index contributed by atoms with van der Waals surface area (Å²) in [6, 6.07) is 3.97. The highest BCUT2D eigenvalue weighted by atomic mass is 79.9. The summed E-state index contributed by atoms with van der Waals surface area (Å²) >= 11 is 3.41. The first-order chi connectivity index (χ1) is 12.0. The number of aromatic nitrogens is 1. The minimum absolute atomic E-state index is 0.0615. The van der Waals surface area contributed by atoms with Crippen molar-refractivity contribution < 1.29 is 14.9 Å². The molecule has 1 aromatic heterocycles. The van der Waals surface area contributed by atoms with Crippen molar-refractivity contribution in [1.82, 2.24) is 4.98 Å². The fourth-order valence-electron chi connectivity index (χ4n) is 5.50. The second-order valence-corrected chi connectivity index (χ2v) is 8.88. The lowest BCUT2D eigenvalue weighted by molar-refractivity contribution is -0.193. The van der Waals surface area contributed by atoms with E-state index in [-0.39, 0.29) is 17.9 Å². The third-order valence-electron chi connectivity index (χ3n) is 6.56. The third-order valence-corrected chi connectivity index (χ3v) is 7.03. The van der Waals surface area contributed by atoms with Crippen molar-refractivity contribution in [2.75, 3.05) is 0 Å². The average molecular weight is 408 g/mol. The van der Waals surface area contributed by atoms with Crippen LogP contribution in [0.4, 0.5) is 0 Å². The van der Waals surface area contributed by atoms with Crippen molar-refractivity contribution in [3.63, 3.8) is 0 Å². The first kappa shape index (κ1) is 17.7. The van der Waals surface area contributed by atoms with Gasteiger partial charge in [0.2, 0.25) is 0 Å². The highest BCUT2D eigenvalue weighted by Crippen LogP contribution is 2.56. The Kier molecular flexibility index (Phi) is 4.78. The van der Waals surface area contributed by atoms with Gasteiger partial charge in [0.05, 0.1) is 11.8 Å². The van der Waals surface area contributed by atoms with E-state index in [1.54, 1.807) is 6.20 Å². The zero-order valence-electron chi connectivity index (χ0n) is 14.5. The van der Waals surface area contributed by atoms with Gasteiger partial charge in [-0.15, -0.1) is 0 Å². The van der Waals surface area contributed by atoms with Gasteiger partial charge >= 0.3 is 0 Å². The van der Waals surface area contributed by atoms with E-state index in [1.165, 1.54) is 19.3 Å². The largest absolute Gasteiger partial charge is 0.384 e. The maximum absolute atomic E-state index is 11.3. The van der Waals surface area contributed by atoms with E-state index < -0.39 is 11.9 Å². The highest BCUT2D eigenvalue weighted by molar-refractivity contribution is 9.10. The summed E-state index contributed by atoms with van der Waals surface area (Å²) in [6.45, 7) is 1.98. The molecule has 136 valence electrons. The SMILES string of the molecule is C[C@H]1OC(O)[C@]2(O)C[C@@H]3CCCC[C@H]3[C@H](C=Cc3ccc(Br)cn3)[C@H]12. The van der Waals surface area contributed by atoms with Crippen LogP contribution >= 0.6 is 15.9 Å². The van der Waals surface area contributed by atoms with Crippen molar-refractivity contribution in [3.05, 3.63) is 34.6 Å². The Labute approximate surface area is 157 Å². The van der Waals surface area contributed by atoms with Crippen molar-refractivity contribution >= 4 is 22.0 Å². The number of hydrogen-bond donors (Lipinski definition) is 2. The Morgan fingerprint density at radius 3 is 2.88 bits per heavy atom. The van der Waals surface area contributed by atoms with Gasteiger partial charge in [-0.25, -0.2) is 0 Å². The van der Waals surface area contributed by atoms with Crippen LogP contribution in [0.2, 0.25) is 0 Å². The maximum Gasteiger partial charge on any atom is 0.184 e. The van der Waals surface area contributed by atoms with Crippen LogP contribution in [0.1, 0.15) is 44.7 Å². The number of aliphatic hydroxyl groups excluding tert-OH is 1. The molecule has 4 rings (SSSR count). The predicted molar refractivity (Wildman–Crippen MR) is 99.5 cm³/mol. The number of allylic oxidation sites excluding steroid dienone is 1. The van der Waals surface area contributed by atoms with E-state index in [0.29, 0.717) is 18.3 Å². The van der Waals surface area contributed by atoms with E-state index in [9.17, 15) is 10.2 Å². The van der Waals surface area contributed by atoms with Crippen LogP contribution in [0, 0.1) is 23.7 Å². The topological polar surface area (TPSA) is 62.6 Å². The van der Waals surface area contributed by atoms with Gasteiger partial charge in [0.25, 0.3) is 0 Å². The number of nitrogens with zero attached hydrogens (tertiary/aromatic N) is 1. The molecule has 0 amide bonds. The van der Waals surface area contributed by atoms with Gasteiger partial charge in [0.1, 0.15) is 5.60 Å².